The second kappa shape index (κ2) is 4.69. The molecule has 0 amide bonds. The van der Waals surface area contributed by atoms with Gasteiger partial charge in [-0.25, -0.2) is 0 Å². The Labute approximate surface area is 114 Å². The summed E-state index contributed by atoms with van der Waals surface area (Å²) in [5.74, 6) is 1.93. The lowest BCUT2D eigenvalue weighted by atomic mass is 9.91. The molecule has 2 atom stereocenters. The van der Waals surface area contributed by atoms with Crippen LogP contribution in [-0.2, 0) is 0 Å². The summed E-state index contributed by atoms with van der Waals surface area (Å²) >= 11 is 6.04. The van der Waals surface area contributed by atoms with Gasteiger partial charge in [0.15, 0.2) is 11.0 Å². The van der Waals surface area contributed by atoms with Crippen LogP contribution in [0.4, 0.5) is 5.82 Å². The van der Waals surface area contributed by atoms with Crippen LogP contribution in [0.2, 0.25) is 5.15 Å². The van der Waals surface area contributed by atoms with Gasteiger partial charge in [-0.05, 0) is 56.6 Å². The second-order valence-corrected chi connectivity index (χ2v) is 6.02. The van der Waals surface area contributed by atoms with Crippen LogP contribution in [0.5, 0.6) is 0 Å². The van der Waals surface area contributed by atoms with Gasteiger partial charge in [0.1, 0.15) is 0 Å². The number of rotatable bonds is 1. The third kappa shape index (κ3) is 1.89. The molecule has 1 aromatic heterocycles. The van der Waals surface area contributed by atoms with E-state index in [1.54, 1.807) is 0 Å². The van der Waals surface area contributed by atoms with Crippen molar-refractivity contribution in [2.75, 3.05) is 11.4 Å². The number of anilines is 1. The lowest BCUT2D eigenvalue weighted by Crippen LogP contribution is -2.43. The quantitative estimate of drug-likeness (QED) is 0.778. The zero-order valence-electron chi connectivity index (χ0n) is 11.1. The molecule has 4 heteroatoms. The van der Waals surface area contributed by atoms with Crippen molar-refractivity contribution in [1.29, 1.82) is 0 Å². The first-order valence-corrected chi connectivity index (χ1v) is 7.32. The maximum absolute atomic E-state index is 6.04. The molecule has 0 aromatic carbocycles. The molecule has 18 heavy (non-hydrogen) atoms. The predicted molar refractivity (Wildman–Crippen MR) is 74.2 cm³/mol. The highest BCUT2D eigenvalue weighted by Crippen LogP contribution is 2.39. The first-order valence-electron chi connectivity index (χ1n) is 6.94. The van der Waals surface area contributed by atoms with Gasteiger partial charge in [0, 0.05) is 12.6 Å². The van der Waals surface area contributed by atoms with Crippen LogP contribution < -0.4 is 4.90 Å². The number of nitrogens with zero attached hydrogens (tertiary/aromatic N) is 3. The summed E-state index contributed by atoms with van der Waals surface area (Å²) in [4.78, 5) is 2.49. The lowest BCUT2D eigenvalue weighted by molar-refractivity contribution is 0.359. The van der Waals surface area contributed by atoms with E-state index in [1.807, 2.05) is 6.92 Å². The van der Waals surface area contributed by atoms with Crippen LogP contribution in [-0.4, -0.2) is 22.8 Å². The number of aromatic nitrogens is 2. The second-order valence-electron chi connectivity index (χ2n) is 5.66. The van der Waals surface area contributed by atoms with Crippen LogP contribution in [0, 0.1) is 19.8 Å². The summed E-state index contributed by atoms with van der Waals surface area (Å²) in [6.45, 7) is 5.27. The summed E-state index contributed by atoms with van der Waals surface area (Å²) in [6.07, 6.45) is 6.74. The zero-order chi connectivity index (χ0) is 12.7. The number of piperidine rings is 1. The molecule has 0 radical (unpaired) electrons. The fourth-order valence-corrected chi connectivity index (χ4v) is 3.73. The molecule has 1 saturated heterocycles. The Kier molecular flexibility index (Phi) is 3.18. The number of hydrogen-bond donors (Lipinski definition) is 0. The van der Waals surface area contributed by atoms with E-state index in [2.05, 4.69) is 22.0 Å². The van der Waals surface area contributed by atoms with Gasteiger partial charge in [-0.2, -0.15) is 0 Å². The fraction of sp³-hybridized carbons (Fsp3) is 0.714. The Morgan fingerprint density at radius 3 is 2.67 bits per heavy atom. The van der Waals surface area contributed by atoms with Crippen molar-refractivity contribution in [3.05, 3.63) is 16.3 Å². The van der Waals surface area contributed by atoms with Gasteiger partial charge in [0.05, 0.1) is 0 Å². The molecule has 1 aromatic rings. The first kappa shape index (κ1) is 12.2. The fourth-order valence-electron chi connectivity index (χ4n) is 3.55. The number of halogens is 1. The average Bonchev–Trinajstić information content (AvgIpc) is 2.84. The molecular weight excluding hydrogens is 246 g/mol. The van der Waals surface area contributed by atoms with Crippen molar-refractivity contribution in [3.63, 3.8) is 0 Å². The normalized spacial score (nSPS) is 27.4. The van der Waals surface area contributed by atoms with Crippen molar-refractivity contribution in [2.24, 2.45) is 5.92 Å². The Balaban J connectivity index is 1.96. The molecule has 2 aliphatic rings. The molecule has 2 fully saturated rings. The molecule has 0 bridgehead atoms. The molecule has 0 N–H and O–H groups in total. The van der Waals surface area contributed by atoms with E-state index in [4.69, 9.17) is 11.6 Å². The summed E-state index contributed by atoms with van der Waals surface area (Å²) in [6, 6.07) is 0.687. The maximum Gasteiger partial charge on any atom is 0.155 e. The van der Waals surface area contributed by atoms with Crippen LogP contribution >= 0.6 is 11.6 Å². The molecule has 1 aliphatic heterocycles. The van der Waals surface area contributed by atoms with Gasteiger partial charge >= 0.3 is 0 Å². The predicted octanol–water partition coefficient (Wildman–Crippen LogP) is 3.52. The summed E-state index contributed by atoms with van der Waals surface area (Å²) in [5, 5.41) is 9.01. The molecule has 1 aliphatic carbocycles. The van der Waals surface area contributed by atoms with E-state index in [9.17, 15) is 0 Å². The average molecular weight is 266 g/mol. The van der Waals surface area contributed by atoms with Crippen molar-refractivity contribution >= 4 is 17.4 Å². The van der Waals surface area contributed by atoms with Gasteiger partial charge in [-0.15, -0.1) is 10.2 Å². The number of fused-ring (bicyclic) bond motifs is 1. The van der Waals surface area contributed by atoms with E-state index in [0.717, 1.165) is 23.8 Å². The largest absolute Gasteiger partial charge is 0.352 e. The van der Waals surface area contributed by atoms with E-state index < -0.39 is 0 Å². The van der Waals surface area contributed by atoms with Gasteiger partial charge < -0.3 is 4.90 Å². The van der Waals surface area contributed by atoms with Crippen molar-refractivity contribution in [3.8, 4) is 0 Å². The van der Waals surface area contributed by atoms with Gasteiger partial charge in [-0.1, -0.05) is 18.0 Å². The van der Waals surface area contributed by atoms with Crippen LogP contribution in [0.3, 0.4) is 0 Å². The topological polar surface area (TPSA) is 29.0 Å². The van der Waals surface area contributed by atoms with E-state index >= 15 is 0 Å². The molecular formula is C14H20ClN3. The Hall–Kier alpha value is -0.830. The highest BCUT2D eigenvalue weighted by molar-refractivity contribution is 6.30. The number of hydrogen-bond acceptors (Lipinski definition) is 3. The van der Waals surface area contributed by atoms with Gasteiger partial charge in [0.25, 0.3) is 0 Å². The van der Waals surface area contributed by atoms with E-state index in [1.165, 1.54) is 37.7 Å². The third-order valence-electron chi connectivity index (χ3n) is 4.71. The minimum absolute atomic E-state index is 0.538. The molecule has 0 spiro atoms. The summed E-state index contributed by atoms with van der Waals surface area (Å²) in [5.41, 5.74) is 2.27. The SMILES string of the molecule is Cc1c(Cl)nnc(N2CCCC3CCCC32)c1C. The Morgan fingerprint density at radius 2 is 1.83 bits per heavy atom. The minimum atomic E-state index is 0.538. The van der Waals surface area contributed by atoms with Crippen molar-refractivity contribution in [2.45, 2.75) is 52.0 Å². The molecule has 98 valence electrons. The Morgan fingerprint density at radius 1 is 1.06 bits per heavy atom. The van der Waals surface area contributed by atoms with Gasteiger partial charge in [-0.3, -0.25) is 0 Å². The van der Waals surface area contributed by atoms with Crippen LogP contribution in [0.1, 0.15) is 43.2 Å². The lowest BCUT2D eigenvalue weighted by Gasteiger charge is -2.39. The first-order chi connectivity index (χ1) is 8.68. The Bertz CT molecular complexity index is 461. The minimum Gasteiger partial charge on any atom is -0.352 e. The van der Waals surface area contributed by atoms with Crippen LogP contribution in [0.25, 0.3) is 0 Å². The van der Waals surface area contributed by atoms with Crippen molar-refractivity contribution < 1.29 is 0 Å². The smallest absolute Gasteiger partial charge is 0.155 e. The molecule has 3 rings (SSSR count). The van der Waals surface area contributed by atoms with E-state index in [0.29, 0.717) is 11.2 Å². The molecule has 2 unspecified atom stereocenters. The summed E-state index contributed by atoms with van der Waals surface area (Å²) in [7, 11) is 0. The monoisotopic (exact) mass is 265 g/mol. The summed E-state index contributed by atoms with van der Waals surface area (Å²) < 4.78 is 0. The highest BCUT2D eigenvalue weighted by atomic mass is 35.5. The molecule has 2 heterocycles. The van der Waals surface area contributed by atoms with Crippen LogP contribution in [0.15, 0.2) is 0 Å². The van der Waals surface area contributed by atoms with Gasteiger partial charge in [0.2, 0.25) is 0 Å². The molecule has 1 saturated carbocycles. The van der Waals surface area contributed by atoms with Crippen molar-refractivity contribution in [1.82, 2.24) is 10.2 Å². The highest BCUT2D eigenvalue weighted by Gasteiger charge is 2.36. The molecule has 3 nitrogen and oxygen atoms in total. The standard InChI is InChI=1S/C14H20ClN3/c1-9-10(2)14(17-16-13(9)15)18-8-4-6-11-5-3-7-12(11)18/h11-12H,3-8H2,1-2H3. The third-order valence-corrected chi connectivity index (χ3v) is 5.06. The zero-order valence-corrected chi connectivity index (χ0v) is 11.9. The van der Waals surface area contributed by atoms with E-state index in [-0.39, 0.29) is 0 Å². The maximum atomic E-state index is 6.04.